The lowest BCUT2D eigenvalue weighted by atomic mass is 10.1. The van der Waals surface area contributed by atoms with Crippen LogP contribution >= 0.6 is 0 Å². The van der Waals surface area contributed by atoms with Crippen LogP contribution in [0.25, 0.3) is 27.9 Å². The molecule has 0 aliphatic rings. The predicted octanol–water partition coefficient (Wildman–Crippen LogP) is 3.70. The summed E-state index contributed by atoms with van der Waals surface area (Å²) in [6.07, 6.45) is 3.15. The van der Waals surface area contributed by atoms with Crippen molar-refractivity contribution >= 4 is 32.5 Å². The van der Waals surface area contributed by atoms with E-state index in [9.17, 15) is 8.42 Å². The van der Waals surface area contributed by atoms with Crippen LogP contribution in [-0.2, 0) is 17.1 Å². The van der Waals surface area contributed by atoms with Gasteiger partial charge in [0.2, 0.25) is 0 Å². The minimum absolute atomic E-state index is 0.0673. The van der Waals surface area contributed by atoms with Gasteiger partial charge in [0, 0.05) is 30.4 Å². The third kappa shape index (κ3) is 3.14. The zero-order valence-corrected chi connectivity index (χ0v) is 18.1. The number of sulfonamides is 1. The van der Waals surface area contributed by atoms with Gasteiger partial charge >= 0.3 is 0 Å². The summed E-state index contributed by atoms with van der Waals surface area (Å²) in [6, 6.07) is 14.9. The first kappa shape index (κ1) is 19.3. The summed E-state index contributed by atoms with van der Waals surface area (Å²) in [5.74, 6) is 0.382. The van der Waals surface area contributed by atoms with Crippen molar-refractivity contribution in [3.05, 3.63) is 72.2 Å². The van der Waals surface area contributed by atoms with Crippen LogP contribution in [0, 0.1) is 13.8 Å². The molecule has 4 heterocycles. The molecule has 0 unspecified atom stereocenters. The molecule has 0 atom stereocenters. The lowest BCUT2D eigenvalue weighted by Gasteiger charge is -2.10. The summed E-state index contributed by atoms with van der Waals surface area (Å²) < 4.78 is 32.9. The van der Waals surface area contributed by atoms with E-state index in [1.807, 2.05) is 56.3 Å². The van der Waals surface area contributed by atoms with Crippen LogP contribution in [0.4, 0.5) is 5.82 Å². The maximum Gasteiger partial charge on any atom is 0.264 e. The Morgan fingerprint density at radius 1 is 1.00 bits per heavy atom. The summed E-state index contributed by atoms with van der Waals surface area (Å²) >= 11 is 0. The maximum atomic E-state index is 13.4. The number of nitrogens with one attached hydrogen (secondary N) is 1. The molecule has 0 aliphatic carbocycles. The summed E-state index contributed by atoms with van der Waals surface area (Å²) in [7, 11) is -2.15. The van der Waals surface area contributed by atoms with E-state index in [1.54, 1.807) is 28.4 Å². The van der Waals surface area contributed by atoms with Gasteiger partial charge in [-0.3, -0.25) is 13.8 Å². The topological polar surface area (TPSA) is 94.2 Å². The second kappa shape index (κ2) is 6.92. The monoisotopic (exact) mass is 432 g/mol. The normalized spacial score (nSPS) is 12.0. The van der Waals surface area contributed by atoms with Gasteiger partial charge in [-0.1, -0.05) is 36.4 Å². The van der Waals surface area contributed by atoms with Crippen LogP contribution in [0.5, 0.6) is 0 Å². The van der Waals surface area contributed by atoms with E-state index in [0.717, 1.165) is 16.8 Å². The number of imidazole rings is 1. The lowest BCUT2D eigenvalue weighted by molar-refractivity contribution is 0.600. The predicted molar refractivity (Wildman–Crippen MR) is 119 cm³/mol. The molecule has 1 aromatic carbocycles. The molecular weight excluding hydrogens is 412 g/mol. The average Bonchev–Trinajstić information content (AvgIpc) is 3.26. The third-order valence-electron chi connectivity index (χ3n) is 5.27. The highest BCUT2D eigenvalue weighted by Gasteiger charge is 2.23. The number of hydrogen-bond donors (Lipinski definition) is 1. The van der Waals surface area contributed by atoms with Crippen LogP contribution in [0.3, 0.4) is 0 Å². The van der Waals surface area contributed by atoms with E-state index in [0.29, 0.717) is 28.2 Å². The molecular formula is C22H20N6O2S. The third-order valence-corrected chi connectivity index (χ3v) is 6.58. The second-order valence-corrected chi connectivity index (χ2v) is 9.10. The number of nitrogens with zero attached hydrogens (tertiary/aromatic N) is 5. The van der Waals surface area contributed by atoms with Crippen LogP contribution < -0.4 is 4.72 Å². The van der Waals surface area contributed by atoms with E-state index in [1.165, 1.54) is 6.20 Å². The largest absolute Gasteiger partial charge is 0.285 e. The van der Waals surface area contributed by atoms with Gasteiger partial charge in [0.05, 0.1) is 5.69 Å². The maximum absolute atomic E-state index is 13.4. The van der Waals surface area contributed by atoms with E-state index >= 15 is 0 Å². The molecule has 5 rings (SSSR count). The van der Waals surface area contributed by atoms with E-state index in [-0.39, 0.29) is 4.90 Å². The summed E-state index contributed by atoms with van der Waals surface area (Å²) in [5, 5.41) is 5.02. The smallest absolute Gasteiger partial charge is 0.264 e. The molecule has 31 heavy (non-hydrogen) atoms. The number of pyridine rings is 2. The second-order valence-electron chi connectivity index (χ2n) is 7.42. The van der Waals surface area contributed by atoms with E-state index < -0.39 is 10.0 Å². The summed E-state index contributed by atoms with van der Waals surface area (Å²) in [5.41, 5.74) is 4.37. The number of hydrogen-bond acceptors (Lipinski definition) is 5. The van der Waals surface area contributed by atoms with Gasteiger partial charge in [0.15, 0.2) is 11.5 Å². The first-order chi connectivity index (χ1) is 14.8. The summed E-state index contributed by atoms with van der Waals surface area (Å²) in [6.45, 7) is 3.77. The number of rotatable bonds is 4. The molecule has 156 valence electrons. The minimum atomic E-state index is -3.93. The van der Waals surface area contributed by atoms with Gasteiger partial charge in [-0.25, -0.2) is 18.4 Å². The number of anilines is 1. The van der Waals surface area contributed by atoms with Crippen LogP contribution in [0.1, 0.15) is 11.3 Å². The Bertz CT molecular complexity index is 1550. The molecule has 0 spiro atoms. The van der Waals surface area contributed by atoms with Crippen molar-refractivity contribution in [2.45, 2.75) is 18.7 Å². The van der Waals surface area contributed by atoms with Crippen molar-refractivity contribution in [1.29, 1.82) is 0 Å². The molecule has 0 saturated heterocycles. The van der Waals surface area contributed by atoms with Gasteiger partial charge in [-0.15, -0.1) is 0 Å². The Morgan fingerprint density at radius 2 is 1.77 bits per heavy atom. The Balaban J connectivity index is 1.68. The van der Waals surface area contributed by atoms with Crippen molar-refractivity contribution in [2.24, 2.45) is 7.05 Å². The first-order valence-electron chi connectivity index (χ1n) is 9.70. The quantitative estimate of drug-likeness (QED) is 0.467. The molecule has 0 saturated carbocycles. The fourth-order valence-electron chi connectivity index (χ4n) is 3.72. The molecule has 0 aliphatic heterocycles. The minimum Gasteiger partial charge on any atom is -0.285 e. The van der Waals surface area contributed by atoms with Crippen molar-refractivity contribution in [3.8, 4) is 11.3 Å². The van der Waals surface area contributed by atoms with Gasteiger partial charge < -0.3 is 0 Å². The Morgan fingerprint density at radius 3 is 2.55 bits per heavy atom. The highest BCUT2D eigenvalue weighted by Crippen LogP contribution is 2.31. The van der Waals surface area contributed by atoms with Crippen molar-refractivity contribution in [3.63, 3.8) is 0 Å². The zero-order chi connectivity index (χ0) is 21.8. The van der Waals surface area contributed by atoms with E-state index in [4.69, 9.17) is 4.98 Å². The number of aromatic nitrogens is 5. The lowest BCUT2D eigenvalue weighted by Crippen LogP contribution is -2.15. The molecule has 0 amide bonds. The Hall–Kier alpha value is -3.72. The van der Waals surface area contributed by atoms with Crippen molar-refractivity contribution < 1.29 is 8.42 Å². The fraction of sp³-hybridized carbons (Fsp3) is 0.136. The number of benzene rings is 1. The van der Waals surface area contributed by atoms with Gasteiger partial charge in [0.1, 0.15) is 16.2 Å². The van der Waals surface area contributed by atoms with Crippen LogP contribution in [-0.4, -0.2) is 32.6 Å². The molecule has 0 radical (unpaired) electrons. The molecule has 1 N–H and O–H groups in total. The van der Waals surface area contributed by atoms with Gasteiger partial charge in [-0.2, -0.15) is 5.10 Å². The number of fused-ring (bicyclic) bond motifs is 2. The highest BCUT2D eigenvalue weighted by atomic mass is 32.2. The molecule has 4 aromatic heterocycles. The Labute approximate surface area is 179 Å². The molecule has 8 nitrogen and oxygen atoms in total. The zero-order valence-electron chi connectivity index (χ0n) is 17.2. The fourth-order valence-corrected chi connectivity index (χ4v) is 4.75. The first-order valence-corrected chi connectivity index (χ1v) is 11.2. The highest BCUT2D eigenvalue weighted by molar-refractivity contribution is 7.92. The van der Waals surface area contributed by atoms with Crippen LogP contribution in [0.15, 0.2) is 65.8 Å². The SMILES string of the molecule is Cc1nn(C)c2ncc(S(=O)(=O)Nc3c(-c4ccccc4)nc4c(C)cccn34)cc12. The molecule has 9 heteroatoms. The molecule has 0 fully saturated rings. The summed E-state index contributed by atoms with van der Waals surface area (Å²) in [4.78, 5) is 9.12. The van der Waals surface area contributed by atoms with Crippen molar-refractivity contribution in [1.82, 2.24) is 24.1 Å². The van der Waals surface area contributed by atoms with E-state index in [2.05, 4.69) is 14.8 Å². The standard InChI is InChI=1S/C22H20N6O2S/c1-14-8-7-11-28-20(14)24-19(16-9-5-4-6-10-16)22(28)26-31(29,30)17-12-18-15(2)25-27(3)21(18)23-13-17/h4-13,26H,1-3H3. The van der Waals surface area contributed by atoms with Gasteiger partial charge in [0.25, 0.3) is 10.0 Å². The van der Waals surface area contributed by atoms with Crippen molar-refractivity contribution in [2.75, 3.05) is 4.72 Å². The Kier molecular flexibility index (Phi) is 4.30. The average molecular weight is 433 g/mol. The van der Waals surface area contributed by atoms with Gasteiger partial charge in [-0.05, 0) is 31.5 Å². The van der Waals surface area contributed by atoms with Crippen LogP contribution in [0.2, 0.25) is 0 Å². The molecule has 5 aromatic rings. The number of aryl methyl sites for hydroxylation is 3. The molecule has 0 bridgehead atoms.